The molecule has 1 aliphatic rings. The highest BCUT2D eigenvalue weighted by molar-refractivity contribution is 4.87. The molecule has 0 aromatic rings. The Labute approximate surface area is 95.8 Å². The molecule has 1 aliphatic carbocycles. The standard InChI is InChI=1S/C14H29N/c1-10(2)7-11(3)8-14-9-13(14)6-5-12(4)15/h10-14H,5-9,15H2,1-4H3. The van der Waals surface area contributed by atoms with Crippen LogP contribution < -0.4 is 5.73 Å². The highest BCUT2D eigenvalue weighted by Crippen LogP contribution is 2.46. The van der Waals surface area contributed by atoms with E-state index in [1.54, 1.807) is 0 Å². The summed E-state index contributed by atoms with van der Waals surface area (Å²) in [6.45, 7) is 9.20. The van der Waals surface area contributed by atoms with E-state index in [4.69, 9.17) is 5.73 Å². The van der Waals surface area contributed by atoms with Gasteiger partial charge in [-0.2, -0.15) is 0 Å². The summed E-state index contributed by atoms with van der Waals surface area (Å²) in [6, 6.07) is 0.402. The van der Waals surface area contributed by atoms with Crippen molar-refractivity contribution in [1.29, 1.82) is 0 Å². The van der Waals surface area contributed by atoms with Crippen molar-refractivity contribution in [2.75, 3.05) is 0 Å². The zero-order chi connectivity index (χ0) is 11.4. The number of hydrogen-bond donors (Lipinski definition) is 1. The summed E-state index contributed by atoms with van der Waals surface area (Å²) in [5, 5.41) is 0. The molecule has 1 saturated carbocycles. The van der Waals surface area contributed by atoms with Crippen LogP contribution in [0, 0.1) is 23.7 Å². The zero-order valence-corrected chi connectivity index (χ0v) is 11.0. The molecule has 0 amide bonds. The largest absolute Gasteiger partial charge is 0.328 e. The average molecular weight is 211 g/mol. The molecule has 15 heavy (non-hydrogen) atoms. The fraction of sp³-hybridized carbons (Fsp3) is 1.00. The van der Waals surface area contributed by atoms with E-state index >= 15 is 0 Å². The topological polar surface area (TPSA) is 26.0 Å². The van der Waals surface area contributed by atoms with Gasteiger partial charge in [0.25, 0.3) is 0 Å². The van der Waals surface area contributed by atoms with Crippen molar-refractivity contribution >= 4 is 0 Å². The van der Waals surface area contributed by atoms with Crippen LogP contribution in [0.5, 0.6) is 0 Å². The third-order valence-electron chi connectivity index (χ3n) is 3.64. The summed E-state index contributed by atoms with van der Waals surface area (Å²) in [5.74, 6) is 3.85. The van der Waals surface area contributed by atoms with Crippen LogP contribution in [-0.4, -0.2) is 6.04 Å². The zero-order valence-electron chi connectivity index (χ0n) is 11.0. The van der Waals surface area contributed by atoms with Gasteiger partial charge in [-0.1, -0.05) is 20.8 Å². The maximum absolute atomic E-state index is 5.78. The Hall–Kier alpha value is -0.0400. The van der Waals surface area contributed by atoms with Crippen molar-refractivity contribution in [3.05, 3.63) is 0 Å². The predicted octanol–water partition coefficient (Wildman–Crippen LogP) is 3.82. The van der Waals surface area contributed by atoms with E-state index in [1.807, 2.05) is 0 Å². The van der Waals surface area contributed by atoms with Crippen molar-refractivity contribution in [1.82, 2.24) is 0 Å². The second kappa shape index (κ2) is 5.89. The SMILES string of the molecule is CC(C)CC(C)CC1CC1CCC(C)N. The van der Waals surface area contributed by atoms with Gasteiger partial charge in [-0.15, -0.1) is 0 Å². The molecule has 4 unspecified atom stereocenters. The summed E-state index contributed by atoms with van der Waals surface area (Å²) < 4.78 is 0. The Bertz CT molecular complexity index is 174. The van der Waals surface area contributed by atoms with E-state index in [1.165, 1.54) is 32.1 Å². The number of rotatable bonds is 7. The van der Waals surface area contributed by atoms with Gasteiger partial charge in [0.15, 0.2) is 0 Å². The quantitative estimate of drug-likeness (QED) is 0.680. The van der Waals surface area contributed by atoms with Crippen LogP contribution >= 0.6 is 0 Å². The van der Waals surface area contributed by atoms with E-state index in [0.717, 1.165) is 23.7 Å². The molecule has 0 saturated heterocycles. The lowest BCUT2D eigenvalue weighted by Gasteiger charge is -2.13. The van der Waals surface area contributed by atoms with Gasteiger partial charge in [0, 0.05) is 6.04 Å². The summed E-state index contributed by atoms with van der Waals surface area (Å²) in [7, 11) is 0. The summed E-state index contributed by atoms with van der Waals surface area (Å²) in [4.78, 5) is 0. The van der Waals surface area contributed by atoms with E-state index in [0.29, 0.717) is 6.04 Å². The first-order valence-electron chi connectivity index (χ1n) is 6.74. The minimum absolute atomic E-state index is 0.402. The highest BCUT2D eigenvalue weighted by Gasteiger charge is 2.36. The molecule has 1 heteroatoms. The third kappa shape index (κ3) is 5.55. The molecule has 0 aromatic heterocycles. The van der Waals surface area contributed by atoms with Gasteiger partial charge in [-0.3, -0.25) is 0 Å². The van der Waals surface area contributed by atoms with Gasteiger partial charge >= 0.3 is 0 Å². The minimum Gasteiger partial charge on any atom is -0.328 e. The van der Waals surface area contributed by atoms with Crippen LogP contribution in [0.25, 0.3) is 0 Å². The predicted molar refractivity (Wildman–Crippen MR) is 67.7 cm³/mol. The summed E-state index contributed by atoms with van der Waals surface area (Å²) in [5.41, 5.74) is 5.78. The maximum atomic E-state index is 5.78. The molecule has 1 fully saturated rings. The molecule has 0 bridgehead atoms. The molecular formula is C14H29N. The van der Waals surface area contributed by atoms with Crippen LogP contribution in [-0.2, 0) is 0 Å². The molecule has 1 nitrogen and oxygen atoms in total. The molecule has 90 valence electrons. The maximum Gasteiger partial charge on any atom is 0.00105 e. The Balaban J connectivity index is 2.05. The van der Waals surface area contributed by atoms with Crippen molar-refractivity contribution in [3.8, 4) is 0 Å². The molecular weight excluding hydrogens is 182 g/mol. The van der Waals surface area contributed by atoms with Gasteiger partial charge in [0.2, 0.25) is 0 Å². The van der Waals surface area contributed by atoms with Gasteiger partial charge in [-0.05, 0) is 62.7 Å². The van der Waals surface area contributed by atoms with E-state index in [-0.39, 0.29) is 0 Å². The van der Waals surface area contributed by atoms with Gasteiger partial charge in [-0.25, -0.2) is 0 Å². The monoisotopic (exact) mass is 211 g/mol. The van der Waals surface area contributed by atoms with Crippen molar-refractivity contribution in [3.63, 3.8) is 0 Å². The second-order valence-electron chi connectivity index (χ2n) is 6.28. The first-order valence-corrected chi connectivity index (χ1v) is 6.74. The molecule has 4 atom stereocenters. The molecule has 0 aromatic carbocycles. The summed E-state index contributed by atoms with van der Waals surface area (Å²) >= 11 is 0. The first-order chi connectivity index (χ1) is 6.99. The molecule has 0 radical (unpaired) electrons. The van der Waals surface area contributed by atoms with E-state index < -0.39 is 0 Å². The fourth-order valence-corrected chi connectivity index (χ4v) is 2.85. The van der Waals surface area contributed by atoms with Crippen LogP contribution in [0.1, 0.15) is 59.8 Å². The Kier molecular flexibility index (Phi) is 5.11. The van der Waals surface area contributed by atoms with E-state index in [2.05, 4.69) is 27.7 Å². The molecule has 0 spiro atoms. The first kappa shape index (κ1) is 13.0. The third-order valence-corrected chi connectivity index (χ3v) is 3.64. The lowest BCUT2D eigenvalue weighted by molar-refractivity contribution is 0.384. The molecule has 0 aliphatic heterocycles. The van der Waals surface area contributed by atoms with Crippen molar-refractivity contribution in [2.45, 2.75) is 65.8 Å². The van der Waals surface area contributed by atoms with Crippen molar-refractivity contribution < 1.29 is 0 Å². The van der Waals surface area contributed by atoms with Gasteiger partial charge in [0.05, 0.1) is 0 Å². The lowest BCUT2D eigenvalue weighted by Crippen LogP contribution is -2.14. The van der Waals surface area contributed by atoms with Crippen LogP contribution in [0.2, 0.25) is 0 Å². The summed E-state index contributed by atoms with van der Waals surface area (Å²) in [6.07, 6.45) is 6.93. The van der Waals surface area contributed by atoms with Gasteiger partial charge in [0.1, 0.15) is 0 Å². The lowest BCUT2D eigenvalue weighted by atomic mass is 9.93. The smallest absolute Gasteiger partial charge is 0.00105 e. The second-order valence-corrected chi connectivity index (χ2v) is 6.28. The van der Waals surface area contributed by atoms with Gasteiger partial charge < -0.3 is 5.73 Å². The number of nitrogens with two attached hydrogens (primary N) is 1. The molecule has 1 rings (SSSR count). The van der Waals surface area contributed by atoms with Crippen LogP contribution in [0.3, 0.4) is 0 Å². The molecule has 0 heterocycles. The fourth-order valence-electron chi connectivity index (χ4n) is 2.85. The normalized spacial score (nSPS) is 29.2. The van der Waals surface area contributed by atoms with Crippen molar-refractivity contribution in [2.24, 2.45) is 29.4 Å². The number of hydrogen-bond acceptors (Lipinski definition) is 1. The van der Waals surface area contributed by atoms with Crippen LogP contribution in [0.4, 0.5) is 0 Å². The van der Waals surface area contributed by atoms with E-state index in [9.17, 15) is 0 Å². The highest BCUT2D eigenvalue weighted by atomic mass is 14.6. The Morgan fingerprint density at radius 3 is 2.33 bits per heavy atom. The van der Waals surface area contributed by atoms with Crippen LogP contribution in [0.15, 0.2) is 0 Å². The Morgan fingerprint density at radius 1 is 1.13 bits per heavy atom. The Morgan fingerprint density at radius 2 is 1.80 bits per heavy atom. The average Bonchev–Trinajstić information content (AvgIpc) is 2.78. The minimum atomic E-state index is 0.402. The molecule has 2 N–H and O–H groups in total.